The van der Waals surface area contributed by atoms with Gasteiger partial charge < -0.3 is 0 Å². The van der Waals surface area contributed by atoms with Crippen molar-refractivity contribution in [3.8, 4) is 10.4 Å². The minimum atomic E-state index is 0.0916. The lowest BCUT2D eigenvalue weighted by molar-refractivity contribution is 0.104. The van der Waals surface area contributed by atoms with E-state index < -0.39 is 0 Å². The van der Waals surface area contributed by atoms with Crippen LogP contribution < -0.4 is 0 Å². The number of carbonyl (C=O) groups excluding carboxylic acids is 1. The van der Waals surface area contributed by atoms with E-state index >= 15 is 0 Å². The van der Waals surface area contributed by atoms with Crippen molar-refractivity contribution in [3.63, 3.8) is 0 Å². The SMILES string of the molecule is Cc1ccc(-c2ccc(C(=O)c3ccccc3)s2)cc1. The second-order valence-corrected chi connectivity index (χ2v) is 5.81. The van der Waals surface area contributed by atoms with Crippen LogP contribution in [0.15, 0.2) is 66.7 Å². The number of aryl methyl sites for hydroxylation is 1. The van der Waals surface area contributed by atoms with Gasteiger partial charge in [-0.3, -0.25) is 4.79 Å². The van der Waals surface area contributed by atoms with Crippen molar-refractivity contribution >= 4 is 17.1 Å². The number of hydrogen-bond acceptors (Lipinski definition) is 2. The van der Waals surface area contributed by atoms with Crippen molar-refractivity contribution in [2.24, 2.45) is 0 Å². The van der Waals surface area contributed by atoms with Crippen molar-refractivity contribution in [2.45, 2.75) is 6.92 Å². The molecule has 0 radical (unpaired) electrons. The molecule has 0 aliphatic rings. The Morgan fingerprint density at radius 1 is 0.850 bits per heavy atom. The molecule has 1 aromatic heterocycles. The fourth-order valence-corrected chi connectivity index (χ4v) is 3.04. The Kier molecular flexibility index (Phi) is 3.48. The molecule has 0 bridgehead atoms. The Bertz CT molecular complexity index is 724. The van der Waals surface area contributed by atoms with Gasteiger partial charge in [0.15, 0.2) is 0 Å². The number of carbonyl (C=O) groups is 1. The average molecular weight is 278 g/mol. The van der Waals surface area contributed by atoms with E-state index in [1.54, 1.807) is 11.3 Å². The highest BCUT2D eigenvalue weighted by molar-refractivity contribution is 7.17. The molecular weight excluding hydrogens is 264 g/mol. The second-order valence-electron chi connectivity index (χ2n) is 4.73. The fourth-order valence-electron chi connectivity index (χ4n) is 2.06. The van der Waals surface area contributed by atoms with Gasteiger partial charge in [-0.2, -0.15) is 0 Å². The summed E-state index contributed by atoms with van der Waals surface area (Å²) in [7, 11) is 0. The standard InChI is InChI=1S/C18H14OS/c1-13-7-9-14(10-8-13)16-11-12-17(20-16)18(19)15-5-3-2-4-6-15/h2-12H,1H3. The van der Waals surface area contributed by atoms with E-state index in [2.05, 4.69) is 31.2 Å². The summed E-state index contributed by atoms with van der Waals surface area (Å²) in [5.74, 6) is 0.0916. The van der Waals surface area contributed by atoms with E-state index in [9.17, 15) is 4.79 Å². The fraction of sp³-hybridized carbons (Fsp3) is 0.0556. The summed E-state index contributed by atoms with van der Waals surface area (Å²) in [5, 5.41) is 0. The number of hydrogen-bond donors (Lipinski definition) is 0. The van der Waals surface area contributed by atoms with Gasteiger partial charge in [-0.1, -0.05) is 60.2 Å². The molecule has 0 aliphatic carbocycles. The van der Waals surface area contributed by atoms with Crippen LogP contribution in [0.3, 0.4) is 0 Å². The first-order valence-corrected chi connectivity index (χ1v) is 7.32. The van der Waals surface area contributed by atoms with E-state index in [-0.39, 0.29) is 5.78 Å². The molecule has 1 nitrogen and oxygen atoms in total. The minimum absolute atomic E-state index is 0.0916. The van der Waals surface area contributed by atoms with Crippen molar-refractivity contribution in [1.82, 2.24) is 0 Å². The number of rotatable bonds is 3. The van der Waals surface area contributed by atoms with Crippen LogP contribution in [0.25, 0.3) is 10.4 Å². The molecular formula is C18H14OS. The van der Waals surface area contributed by atoms with Crippen molar-refractivity contribution in [1.29, 1.82) is 0 Å². The summed E-state index contributed by atoms with van der Waals surface area (Å²) in [5.41, 5.74) is 3.14. The largest absolute Gasteiger partial charge is 0.288 e. The predicted octanol–water partition coefficient (Wildman–Crippen LogP) is 4.95. The summed E-state index contributed by atoms with van der Waals surface area (Å²) in [6, 6.07) is 21.7. The molecule has 20 heavy (non-hydrogen) atoms. The Morgan fingerprint density at radius 2 is 1.55 bits per heavy atom. The van der Waals surface area contributed by atoms with Gasteiger partial charge in [0.1, 0.15) is 0 Å². The van der Waals surface area contributed by atoms with Gasteiger partial charge in [0.25, 0.3) is 0 Å². The van der Waals surface area contributed by atoms with E-state index in [1.807, 2.05) is 42.5 Å². The van der Waals surface area contributed by atoms with Crippen LogP contribution in [-0.2, 0) is 0 Å². The second kappa shape index (κ2) is 5.43. The first kappa shape index (κ1) is 12.8. The topological polar surface area (TPSA) is 17.1 Å². The van der Waals surface area contributed by atoms with Gasteiger partial charge in [-0.15, -0.1) is 11.3 Å². The predicted molar refractivity (Wildman–Crippen MR) is 84.4 cm³/mol. The molecule has 0 spiro atoms. The lowest BCUT2D eigenvalue weighted by Crippen LogP contribution is -1.97. The summed E-state index contributed by atoms with van der Waals surface area (Å²) < 4.78 is 0. The third-order valence-electron chi connectivity index (χ3n) is 3.20. The molecule has 0 aliphatic heterocycles. The van der Waals surface area contributed by atoms with Crippen LogP contribution in [0.5, 0.6) is 0 Å². The molecule has 0 amide bonds. The highest BCUT2D eigenvalue weighted by Crippen LogP contribution is 2.29. The summed E-state index contributed by atoms with van der Waals surface area (Å²) in [6.07, 6.45) is 0. The van der Waals surface area contributed by atoms with Crippen LogP contribution in [0.1, 0.15) is 20.8 Å². The third kappa shape index (κ3) is 2.56. The third-order valence-corrected chi connectivity index (χ3v) is 4.33. The van der Waals surface area contributed by atoms with E-state index in [0.717, 1.165) is 20.9 Å². The van der Waals surface area contributed by atoms with Gasteiger partial charge in [0.05, 0.1) is 4.88 Å². The Hall–Kier alpha value is -2.19. The van der Waals surface area contributed by atoms with Crippen molar-refractivity contribution in [2.75, 3.05) is 0 Å². The van der Waals surface area contributed by atoms with Crippen LogP contribution in [0.4, 0.5) is 0 Å². The van der Waals surface area contributed by atoms with Gasteiger partial charge in [-0.25, -0.2) is 0 Å². The highest BCUT2D eigenvalue weighted by atomic mass is 32.1. The molecule has 0 saturated heterocycles. The van der Waals surface area contributed by atoms with Crippen LogP contribution in [0.2, 0.25) is 0 Å². The maximum Gasteiger partial charge on any atom is 0.202 e. The highest BCUT2D eigenvalue weighted by Gasteiger charge is 2.12. The van der Waals surface area contributed by atoms with Gasteiger partial charge in [0.2, 0.25) is 5.78 Å². The van der Waals surface area contributed by atoms with Gasteiger partial charge in [-0.05, 0) is 24.6 Å². The maximum absolute atomic E-state index is 12.4. The molecule has 0 fully saturated rings. The molecule has 0 atom stereocenters. The van der Waals surface area contributed by atoms with E-state index in [0.29, 0.717) is 0 Å². The summed E-state index contributed by atoms with van der Waals surface area (Å²) in [4.78, 5) is 14.3. The first-order valence-electron chi connectivity index (χ1n) is 6.51. The van der Waals surface area contributed by atoms with Crippen LogP contribution >= 0.6 is 11.3 Å². The minimum Gasteiger partial charge on any atom is -0.288 e. The number of thiophene rings is 1. The van der Waals surface area contributed by atoms with Crippen molar-refractivity contribution in [3.05, 3.63) is 82.7 Å². The lowest BCUT2D eigenvalue weighted by Gasteiger charge is -1.98. The number of benzene rings is 2. The molecule has 98 valence electrons. The average Bonchev–Trinajstić information content (AvgIpc) is 2.98. The van der Waals surface area contributed by atoms with Crippen molar-refractivity contribution < 1.29 is 4.79 Å². The maximum atomic E-state index is 12.4. The molecule has 3 aromatic rings. The van der Waals surface area contributed by atoms with Gasteiger partial charge in [0, 0.05) is 10.4 Å². The lowest BCUT2D eigenvalue weighted by atomic mass is 10.1. The molecule has 2 aromatic carbocycles. The quantitative estimate of drug-likeness (QED) is 0.619. The van der Waals surface area contributed by atoms with Crippen LogP contribution in [-0.4, -0.2) is 5.78 Å². The molecule has 2 heteroatoms. The van der Waals surface area contributed by atoms with E-state index in [1.165, 1.54) is 5.56 Å². The zero-order chi connectivity index (χ0) is 13.9. The first-order chi connectivity index (χ1) is 9.74. The normalized spacial score (nSPS) is 10.4. The molecule has 1 heterocycles. The van der Waals surface area contributed by atoms with Gasteiger partial charge >= 0.3 is 0 Å². The van der Waals surface area contributed by atoms with Crippen LogP contribution in [0, 0.1) is 6.92 Å². The Balaban J connectivity index is 1.91. The summed E-state index contributed by atoms with van der Waals surface area (Å²) in [6.45, 7) is 2.07. The molecule has 0 unspecified atom stereocenters. The molecule has 0 N–H and O–H groups in total. The Morgan fingerprint density at radius 3 is 2.25 bits per heavy atom. The molecule has 3 rings (SSSR count). The number of ketones is 1. The zero-order valence-electron chi connectivity index (χ0n) is 11.2. The Labute approximate surface area is 122 Å². The zero-order valence-corrected chi connectivity index (χ0v) is 12.0. The monoisotopic (exact) mass is 278 g/mol. The smallest absolute Gasteiger partial charge is 0.202 e. The summed E-state index contributed by atoms with van der Waals surface area (Å²) >= 11 is 1.55. The van der Waals surface area contributed by atoms with E-state index in [4.69, 9.17) is 0 Å². The molecule has 0 saturated carbocycles.